The number of unbranched alkanes of at least 4 members (excludes halogenated alkanes) is 1. The van der Waals surface area contributed by atoms with E-state index in [9.17, 15) is 14.4 Å². The first kappa shape index (κ1) is 16.8. The third-order valence-corrected chi connectivity index (χ3v) is 3.59. The summed E-state index contributed by atoms with van der Waals surface area (Å²) in [6.45, 7) is 1.58. The molecular weight excluding hydrogens is 300 g/mol. The standard InChI is InChI=1S/C16H20N2O5/c1-2-3-6-11(16(21)22)17-14(19)9-18-12-7-4-5-8-13(12)23-10-15(18)20/h4-5,7-8,11H,2-3,6,9-10H2,1H3,(H,17,19)(H,21,22). The average molecular weight is 320 g/mol. The van der Waals surface area contributed by atoms with Gasteiger partial charge in [-0.05, 0) is 18.6 Å². The van der Waals surface area contributed by atoms with Crippen LogP contribution in [0.2, 0.25) is 0 Å². The van der Waals surface area contributed by atoms with Crippen LogP contribution in [0.4, 0.5) is 5.69 Å². The van der Waals surface area contributed by atoms with Crippen molar-refractivity contribution in [2.75, 3.05) is 18.1 Å². The Kier molecular flexibility index (Phi) is 5.56. The van der Waals surface area contributed by atoms with Gasteiger partial charge in [0.25, 0.3) is 5.91 Å². The van der Waals surface area contributed by atoms with E-state index in [1.807, 2.05) is 6.92 Å². The predicted molar refractivity (Wildman–Crippen MR) is 83.4 cm³/mol. The van der Waals surface area contributed by atoms with Crippen LogP contribution in [-0.4, -0.2) is 42.1 Å². The van der Waals surface area contributed by atoms with Gasteiger partial charge in [-0.2, -0.15) is 0 Å². The summed E-state index contributed by atoms with van der Waals surface area (Å²) in [6, 6.07) is 5.98. The van der Waals surface area contributed by atoms with E-state index < -0.39 is 17.9 Å². The molecule has 0 fully saturated rings. The number of carboxylic acids is 1. The summed E-state index contributed by atoms with van der Waals surface area (Å²) in [5.74, 6) is -1.38. The molecule has 2 rings (SSSR count). The van der Waals surface area contributed by atoms with Gasteiger partial charge in [0.15, 0.2) is 6.61 Å². The Morgan fingerprint density at radius 1 is 1.39 bits per heavy atom. The third-order valence-electron chi connectivity index (χ3n) is 3.59. The van der Waals surface area contributed by atoms with Gasteiger partial charge in [-0.15, -0.1) is 0 Å². The fourth-order valence-corrected chi connectivity index (χ4v) is 2.38. The molecule has 0 bridgehead atoms. The molecule has 0 saturated heterocycles. The molecule has 0 aromatic heterocycles. The number of anilines is 1. The van der Waals surface area contributed by atoms with E-state index in [0.29, 0.717) is 24.3 Å². The summed E-state index contributed by atoms with van der Waals surface area (Å²) in [7, 11) is 0. The van der Waals surface area contributed by atoms with E-state index in [-0.39, 0.29) is 19.1 Å². The Hall–Kier alpha value is -2.57. The molecule has 7 nitrogen and oxygen atoms in total. The molecule has 1 aliphatic heterocycles. The average Bonchev–Trinajstić information content (AvgIpc) is 2.54. The number of nitrogens with one attached hydrogen (secondary N) is 1. The lowest BCUT2D eigenvalue weighted by Gasteiger charge is -2.29. The lowest BCUT2D eigenvalue weighted by Crippen LogP contribution is -2.49. The Morgan fingerprint density at radius 3 is 2.83 bits per heavy atom. The summed E-state index contributed by atoms with van der Waals surface area (Å²) in [6.07, 6.45) is 1.91. The topological polar surface area (TPSA) is 95.9 Å². The monoisotopic (exact) mass is 320 g/mol. The van der Waals surface area contributed by atoms with Crippen LogP contribution in [-0.2, 0) is 14.4 Å². The number of hydrogen-bond donors (Lipinski definition) is 2. The van der Waals surface area contributed by atoms with Crippen molar-refractivity contribution in [1.82, 2.24) is 5.32 Å². The predicted octanol–water partition coefficient (Wildman–Crippen LogP) is 1.17. The van der Waals surface area contributed by atoms with Crippen molar-refractivity contribution in [1.29, 1.82) is 0 Å². The molecule has 2 amide bonds. The van der Waals surface area contributed by atoms with Crippen molar-refractivity contribution in [3.63, 3.8) is 0 Å². The number of benzene rings is 1. The van der Waals surface area contributed by atoms with Crippen molar-refractivity contribution in [2.45, 2.75) is 32.2 Å². The Labute approximate surface area is 134 Å². The SMILES string of the molecule is CCCCC(NC(=O)CN1C(=O)COc2ccccc21)C(=O)O. The zero-order chi connectivity index (χ0) is 16.8. The lowest BCUT2D eigenvalue weighted by molar-refractivity contribution is -0.141. The van der Waals surface area contributed by atoms with E-state index in [1.165, 1.54) is 4.90 Å². The van der Waals surface area contributed by atoms with Crippen LogP contribution < -0.4 is 15.0 Å². The number of para-hydroxylation sites is 2. The second-order valence-electron chi connectivity index (χ2n) is 5.34. The van der Waals surface area contributed by atoms with Gasteiger partial charge in [-0.25, -0.2) is 4.79 Å². The molecule has 2 N–H and O–H groups in total. The number of aliphatic carboxylic acids is 1. The summed E-state index contributed by atoms with van der Waals surface area (Å²) < 4.78 is 5.30. The highest BCUT2D eigenvalue weighted by Gasteiger charge is 2.28. The van der Waals surface area contributed by atoms with Gasteiger partial charge >= 0.3 is 5.97 Å². The highest BCUT2D eigenvalue weighted by Crippen LogP contribution is 2.31. The Bertz CT molecular complexity index is 602. The Balaban J connectivity index is 2.04. The molecule has 0 radical (unpaired) electrons. The number of carboxylic acid groups (broad SMARTS) is 1. The summed E-state index contributed by atoms with van der Waals surface area (Å²) in [5, 5.41) is 11.6. The number of fused-ring (bicyclic) bond motifs is 1. The molecule has 1 atom stereocenters. The van der Waals surface area contributed by atoms with Gasteiger partial charge in [0, 0.05) is 0 Å². The zero-order valence-corrected chi connectivity index (χ0v) is 12.9. The molecule has 0 spiro atoms. The van der Waals surface area contributed by atoms with Crippen molar-refractivity contribution in [2.24, 2.45) is 0 Å². The molecule has 7 heteroatoms. The normalized spacial score (nSPS) is 14.7. The molecule has 1 aromatic carbocycles. The maximum Gasteiger partial charge on any atom is 0.326 e. The van der Waals surface area contributed by atoms with E-state index in [4.69, 9.17) is 9.84 Å². The first-order chi connectivity index (χ1) is 11.0. The molecular formula is C16H20N2O5. The minimum Gasteiger partial charge on any atom is -0.482 e. The number of ether oxygens (including phenoxy) is 1. The number of carbonyl (C=O) groups is 3. The van der Waals surface area contributed by atoms with Crippen molar-refractivity contribution >= 4 is 23.5 Å². The summed E-state index contributed by atoms with van der Waals surface area (Å²) >= 11 is 0. The fourth-order valence-electron chi connectivity index (χ4n) is 2.38. The number of amides is 2. The Morgan fingerprint density at radius 2 is 2.13 bits per heavy atom. The van der Waals surface area contributed by atoms with Crippen molar-refractivity contribution in [3.8, 4) is 5.75 Å². The molecule has 1 heterocycles. The molecule has 1 unspecified atom stereocenters. The van der Waals surface area contributed by atoms with Crippen LogP contribution in [0.3, 0.4) is 0 Å². The summed E-state index contributed by atoms with van der Waals surface area (Å²) in [5.41, 5.74) is 0.513. The van der Waals surface area contributed by atoms with Crippen LogP contribution >= 0.6 is 0 Å². The molecule has 1 aromatic rings. The van der Waals surface area contributed by atoms with Gasteiger partial charge < -0.3 is 15.2 Å². The number of carbonyl (C=O) groups excluding carboxylic acids is 2. The smallest absolute Gasteiger partial charge is 0.326 e. The number of rotatable bonds is 7. The van der Waals surface area contributed by atoms with Crippen molar-refractivity contribution < 1.29 is 24.2 Å². The molecule has 0 aliphatic carbocycles. The first-order valence-corrected chi connectivity index (χ1v) is 7.57. The molecule has 0 saturated carbocycles. The second-order valence-corrected chi connectivity index (χ2v) is 5.34. The van der Waals surface area contributed by atoms with Crippen LogP contribution in [0.15, 0.2) is 24.3 Å². The quantitative estimate of drug-likeness (QED) is 0.786. The molecule has 1 aliphatic rings. The van der Waals surface area contributed by atoms with Crippen LogP contribution in [0.5, 0.6) is 5.75 Å². The number of hydrogen-bond acceptors (Lipinski definition) is 4. The number of nitrogens with zero attached hydrogens (tertiary/aromatic N) is 1. The highest BCUT2D eigenvalue weighted by atomic mass is 16.5. The molecule has 124 valence electrons. The first-order valence-electron chi connectivity index (χ1n) is 7.57. The maximum absolute atomic E-state index is 12.1. The van der Waals surface area contributed by atoms with E-state index in [0.717, 1.165) is 6.42 Å². The van der Waals surface area contributed by atoms with Crippen LogP contribution in [0, 0.1) is 0 Å². The highest BCUT2D eigenvalue weighted by molar-refractivity contribution is 6.02. The maximum atomic E-state index is 12.1. The van der Waals surface area contributed by atoms with Gasteiger partial charge in [0.05, 0.1) is 5.69 Å². The van der Waals surface area contributed by atoms with Crippen LogP contribution in [0.25, 0.3) is 0 Å². The second kappa shape index (κ2) is 7.62. The van der Waals surface area contributed by atoms with E-state index in [2.05, 4.69) is 5.32 Å². The third kappa shape index (κ3) is 4.21. The largest absolute Gasteiger partial charge is 0.482 e. The van der Waals surface area contributed by atoms with Gasteiger partial charge in [0.2, 0.25) is 5.91 Å². The lowest BCUT2D eigenvalue weighted by atomic mass is 10.1. The van der Waals surface area contributed by atoms with Crippen LogP contribution in [0.1, 0.15) is 26.2 Å². The van der Waals surface area contributed by atoms with Gasteiger partial charge in [-0.3, -0.25) is 14.5 Å². The minimum absolute atomic E-state index is 0.136. The minimum atomic E-state index is -1.07. The summed E-state index contributed by atoms with van der Waals surface area (Å²) in [4.78, 5) is 36.6. The zero-order valence-electron chi connectivity index (χ0n) is 12.9. The van der Waals surface area contributed by atoms with Crippen molar-refractivity contribution in [3.05, 3.63) is 24.3 Å². The van der Waals surface area contributed by atoms with E-state index in [1.54, 1.807) is 24.3 Å². The molecule has 23 heavy (non-hydrogen) atoms. The van der Waals surface area contributed by atoms with Gasteiger partial charge in [-0.1, -0.05) is 31.9 Å². The van der Waals surface area contributed by atoms with Gasteiger partial charge in [0.1, 0.15) is 18.3 Å². The van der Waals surface area contributed by atoms with E-state index >= 15 is 0 Å². The fraction of sp³-hybridized carbons (Fsp3) is 0.438.